The zero-order chi connectivity index (χ0) is 16.1. The number of carbonyl (C=O) groups excluding carboxylic acids is 1. The predicted octanol–water partition coefficient (Wildman–Crippen LogP) is 1.88. The first-order chi connectivity index (χ1) is 11.3. The lowest BCUT2D eigenvalue weighted by molar-refractivity contribution is -0.136. The topological polar surface area (TPSA) is 58.6 Å². The lowest BCUT2D eigenvalue weighted by atomic mass is 9.93. The number of carbonyl (C=O) groups is 1. The Kier molecular flexibility index (Phi) is 5.10. The average Bonchev–Trinajstić information content (AvgIpc) is 2.62. The quantitative estimate of drug-likeness (QED) is 0.794. The highest BCUT2D eigenvalue weighted by Gasteiger charge is 2.28. The molecule has 0 saturated carbocycles. The molecule has 0 unspecified atom stereocenters. The van der Waals surface area contributed by atoms with Crippen LogP contribution in [0.15, 0.2) is 24.4 Å². The van der Waals surface area contributed by atoms with Crippen LogP contribution in [-0.2, 0) is 4.79 Å². The van der Waals surface area contributed by atoms with Crippen LogP contribution in [0.5, 0.6) is 5.88 Å². The van der Waals surface area contributed by atoms with Crippen molar-refractivity contribution in [1.82, 2.24) is 14.9 Å². The number of ether oxygens (including phenoxy) is 1. The number of anilines is 1. The fraction of sp³-hybridized carbons (Fsp3) is 0.588. The second-order valence-electron chi connectivity index (χ2n) is 5.92. The van der Waals surface area contributed by atoms with Crippen molar-refractivity contribution >= 4 is 11.9 Å². The molecule has 0 bridgehead atoms. The molecule has 2 aliphatic rings. The summed E-state index contributed by atoms with van der Waals surface area (Å²) in [5.74, 6) is 1.76. The van der Waals surface area contributed by atoms with Crippen molar-refractivity contribution in [3.05, 3.63) is 24.4 Å². The minimum atomic E-state index is 0.170. The molecule has 1 aliphatic carbocycles. The molecule has 1 amide bonds. The van der Waals surface area contributed by atoms with E-state index < -0.39 is 0 Å². The van der Waals surface area contributed by atoms with Gasteiger partial charge in [-0.1, -0.05) is 12.2 Å². The number of allylic oxidation sites excluding steroid dienone is 2. The van der Waals surface area contributed by atoms with Crippen LogP contribution >= 0.6 is 0 Å². The van der Waals surface area contributed by atoms with E-state index in [2.05, 4.69) is 27.0 Å². The van der Waals surface area contributed by atoms with Crippen LogP contribution in [-0.4, -0.2) is 53.6 Å². The maximum absolute atomic E-state index is 12.6. The summed E-state index contributed by atoms with van der Waals surface area (Å²) in [5.41, 5.74) is 0. The number of aromatic nitrogens is 2. The maximum atomic E-state index is 12.6. The molecule has 0 radical (unpaired) electrons. The summed E-state index contributed by atoms with van der Waals surface area (Å²) in [6.45, 7) is 5.54. The first-order valence-corrected chi connectivity index (χ1v) is 8.42. The number of rotatable bonds is 4. The maximum Gasteiger partial charge on any atom is 0.228 e. The molecule has 2 heterocycles. The van der Waals surface area contributed by atoms with Gasteiger partial charge >= 0.3 is 0 Å². The number of amides is 1. The number of hydrogen-bond acceptors (Lipinski definition) is 5. The molecule has 124 valence electrons. The summed E-state index contributed by atoms with van der Waals surface area (Å²) in [5, 5.41) is 0. The molecule has 1 aromatic rings. The lowest BCUT2D eigenvalue weighted by Crippen LogP contribution is -2.51. The number of nitrogens with zero attached hydrogens (tertiary/aromatic N) is 4. The normalized spacial score (nSPS) is 21.3. The van der Waals surface area contributed by atoms with Crippen molar-refractivity contribution in [2.75, 3.05) is 37.7 Å². The molecule has 1 saturated heterocycles. The van der Waals surface area contributed by atoms with Crippen molar-refractivity contribution in [3.63, 3.8) is 0 Å². The Morgan fingerprint density at radius 3 is 2.83 bits per heavy atom. The minimum absolute atomic E-state index is 0.170. The monoisotopic (exact) mass is 316 g/mol. The SMILES string of the molecule is CCOc1ccnc(N2CCN(C(=O)[C@H]3CC=CCC3)CC2)n1. The van der Waals surface area contributed by atoms with Crippen LogP contribution < -0.4 is 9.64 Å². The van der Waals surface area contributed by atoms with E-state index in [1.807, 2.05) is 11.8 Å². The molecule has 0 aromatic carbocycles. The van der Waals surface area contributed by atoms with Crippen LogP contribution in [0.25, 0.3) is 0 Å². The van der Waals surface area contributed by atoms with E-state index in [0.717, 1.165) is 45.4 Å². The molecule has 1 aromatic heterocycles. The third-order valence-corrected chi connectivity index (χ3v) is 4.40. The van der Waals surface area contributed by atoms with Crippen LogP contribution in [0.2, 0.25) is 0 Å². The fourth-order valence-corrected chi connectivity index (χ4v) is 3.12. The van der Waals surface area contributed by atoms with Gasteiger partial charge in [0, 0.05) is 44.4 Å². The Balaban J connectivity index is 1.56. The van der Waals surface area contributed by atoms with E-state index >= 15 is 0 Å². The third-order valence-electron chi connectivity index (χ3n) is 4.40. The van der Waals surface area contributed by atoms with Crippen molar-refractivity contribution in [3.8, 4) is 5.88 Å². The number of hydrogen-bond donors (Lipinski definition) is 0. The zero-order valence-electron chi connectivity index (χ0n) is 13.6. The van der Waals surface area contributed by atoms with Crippen molar-refractivity contribution in [2.45, 2.75) is 26.2 Å². The zero-order valence-corrected chi connectivity index (χ0v) is 13.6. The summed E-state index contributed by atoms with van der Waals surface area (Å²) < 4.78 is 5.43. The van der Waals surface area contributed by atoms with Gasteiger partial charge in [-0.15, -0.1) is 0 Å². The second kappa shape index (κ2) is 7.44. The van der Waals surface area contributed by atoms with E-state index in [1.54, 1.807) is 12.3 Å². The summed E-state index contributed by atoms with van der Waals surface area (Å²) in [4.78, 5) is 25.4. The molecule has 1 atom stereocenters. The molecule has 1 aliphatic heterocycles. The van der Waals surface area contributed by atoms with Gasteiger partial charge in [-0.05, 0) is 26.2 Å². The predicted molar refractivity (Wildman–Crippen MR) is 88.5 cm³/mol. The first-order valence-electron chi connectivity index (χ1n) is 8.42. The first kappa shape index (κ1) is 15.8. The molecule has 23 heavy (non-hydrogen) atoms. The minimum Gasteiger partial charge on any atom is -0.478 e. The largest absolute Gasteiger partial charge is 0.478 e. The van der Waals surface area contributed by atoms with Crippen molar-refractivity contribution in [1.29, 1.82) is 0 Å². The smallest absolute Gasteiger partial charge is 0.228 e. The van der Waals surface area contributed by atoms with Gasteiger partial charge in [0.2, 0.25) is 17.7 Å². The van der Waals surface area contributed by atoms with Gasteiger partial charge in [0.05, 0.1) is 6.61 Å². The van der Waals surface area contributed by atoms with Gasteiger partial charge in [0.15, 0.2) is 0 Å². The van der Waals surface area contributed by atoms with Crippen LogP contribution in [0.4, 0.5) is 5.95 Å². The average molecular weight is 316 g/mol. The van der Waals surface area contributed by atoms with Gasteiger partial charge in [-0.3, -0.25) is 4.79 Å². The van der Waals surface area contributed by atoms with Crippen LogP contribution in [0.3, 0.4) is 0 Å². The highest BCUT2D eigenvalue weighted by Crippen LogP contribution is 2.22. The number of piperazine rings is 1. The van der Waals surface area contributed by atoms with E-state index in [4.69, 9.17) is 4.74 Å². The van der Waals surface area contributed by atoms with Crippen molar-refractivity contribution in [2.24, 2.45) is 5.92 Å². The standard InChI is InChI=1S/C17H24N4O2/c1-2-23-15-8-9-18-17(19-15)21-12-10-20(11-13-21)16(22)14-6-4-3-5-7-14/h3-4,8-9,14H,2,5-7,10-13H2,1H3/t14-/m0/s1. The summed E-state index contributed by atoms with van der Waals surface area (Å²) >= 11 is 0. The Morgan fingerprint density at radius 1 is 1.30 bits per heavy atom. The second-order valence-corrected chi connectivity index (χ2v) is 5.92. The van der Waals surface area contributed by atoms with Crippen LogP contribution in [0.1, 0.15) is 26.2 Å². The molecule has 3 rings (SSSR count). The highest BCUT2D eigenvalue weighted by atomic mass is 16.5. The van der Waals surface area contributed by atoms with Gasteiger partial charge in [-0.25, -0.2) is 4.98 Å². The molecule has 6 heteroatoms. The van der Waals surface area contributed by atoms with Gasteiger partial charge < -0.3 is 14.5 Å². The Hall–Kier alpha value is -2.11. The Bertz CT molecular complexity index is 567. The lowest BCUT2D eigenvalue weighted by Gasteiger charge is -2.36. The van der Waals surface area contributed by atoms with E-state index in [9.17, 15) is 4.79 Å². The summed E-state index contributed by atoms with van der Waals surface area (Å²) in [7, 11) is 0. The molecule has 1 fully saturated rings. The van der Waals surface area contributed by atoms with Gasteiger partial charge in [0.1, 0.15) is 0 Å². The molecule has 6 nitrogen and oxygen atoms in total. The summed E-state index contributed by atoms with van der Waals surface area (Å²) in [6, 6.07) is 1.77. The highest BCUT2D eigenvalue weighted by molar-refractivity contribution is 5.79. The van der Waals surface area contributed by atoms with Crippen LogP contribution in [0, 0.1) is 5.92 Å². The molecular formula is C17H24N4O2. The Morgan fingerprint density at radius 2 is 2.13 bits per heavy atom. The van der Waals surface area contributed by atoms with E-state index in [1.165, 1.54) is 0 Å². The summed E-state index contributed by atoms with van der Waals surface area (Å²) in [6.07, 6.45) is 8.92. The van der Waals surface area contributed by atoms with Gasteiger partial charge in [-0.2, -0.15) is 4.98 Å². The molecule has 0 spiro atoms. The Labute approximate surface area is 137 Å². The fourth-order valence-electron chi connectivity index (χ4n) is 3.12. The van der Waals surface area contributed by atoms with E-state index in [-0.39, 0.29) is 5.92 Å². The third kappa shape index (κ3) is 3.81. The van der Waals surface area contributed by atoms with Crippen molar-refractivity contribution < 1.29 is 9.53 Å². The molecule has 0 N–H and O–H groups in total. The van der Waals surface area contributed by atoms with E-state index in [0.29, 0.717) is 24.3 Å². The van der Waals surface area contributed by atoms with Gasteiger partial charge in [0.25, 0.3) is 0 Å². The molecular weight excluding hydrogens is 292 g/mol.